The molecule has 0 aliphatic carbocycles. The van der Waals surface area contributed by atoms with Crippen LogP contribution in [0.4, 0.5) is 11.4 Å². The summed E-state index contributed by atoms with van der Waals surface area (Å²) in [5.41, 5.74) is 3.75. The first-order valence-electron chi connectivity index (χ1n) is 9.64. The van der Waals surface area contributed by atoms with Crippen LogP contribution in [0.3, 0.4) is 0 Å². The van der Waals surface area contributed by atoms with E-state index in [1.54, 1.807) is 24.3 Å². The molecule has 176 valence electrons. The van der Waals surface area contributed by atoms with Crippen molar-refractivity contribution in [2.75, 3.05) is 10.6 Å². The van der Waals surface area contributed by atoms with Crippen molar-refractivity contribution in [3.8, 4) is 0 Å². The van der Waals surface area contributed by atoms with E-state index >= 15 is 0 Å². The standard InChI is InChI=1S/C22H18Cl2N4O5S/c1-34(32,33)27(14-15-2-6-18(23)7-3-15)19-8-4-16(5-9-19)22(29)26-25-13-17-12-20(28(30)31)10-11-21(17)24/h2-13H,14H2,1H3,(H,26,29)/b25-13-. The summed E-state index contributed by atoms with van der Waals surface area (Å²) < 4.78 is 25.9. The number of sulfonamides is 1. The van der Waals surface area contributed by atoms with E-state index in [-0.39, 0.29) is 28.4 Å². The molecule has 9 nitrogen and oxygen atoms in total. The van der Waals surface area contributed by atoms with Crippen LogP contribution >= 0.6 is 23.2 Å². The molecule has 1 N–H and O–H groups in total. The van der Waals surface area contributed by atoms with Gasteiger partial charge in [0.15, 0.2) is 0 Å². The number of halogens is 2. The molecular weight excluding hydrogens is 503 g/mol. The van der Waals surface area contributed by atoms with Crippen LogP contribution in [-0.2, 0) is 16.6 Å². The normalized spacial score (nSPS) is 11.4. The SMILES string of the molecule is CS(=O)(=O)N(Cc1ccc(Cl)cc1)c1ccc(C(=O)N/N=C\c2cc([N+](=O)[O-])ccc2Cl)cc1. The maximum absolute atomic E-state index is 12.4. The van der Waals surface area contributed by atoms with Gasteiger partial charge in [0.25, 0.3) is 11.6 Å². The molecule has 0 unspecified atom stereocenters. The van der Waals surface area contributed by atoms with E-state index in [1.165, 1.54) is 53.0 Å². The summed E-state index contributed by atoms with van der Waals surface area (Å²) in [7, 11) is -3.60. The largest absolute Gasteiger partial charge is 0.271 e. The molecule has 0 saturated carbocycles. The van der Waals surface area contributed by atoms with Gasteiger partial charge in [0.1, 0.15) is 0 Å². The smallest absolute Gasteiger partial charge is 0.267 e. The number of carbonyl (C=O) groups excluding carboxylic acids is 1. The van der Waals surface area contributed by atoms with Crippen LogP contribution in [-0.4, -0.2) is 31.7 Å². The van der Waals surface area contributed by atoms with Gasteiger partial charge in [-0.05, 0) is 48.0 Å². The highest BCUT2D eigenvalue weighted by molar-refractivity contribution is 7.92. The number of rotatable bonds is 8. The van der Waals surface area contributed by atoms with E-state index in [4.69, 9.17) is 23.2 Å². The number of nitrogens with one attached hydrogen (secondary N) is 1. The Balaban J connectivity index is 1.73. The number of nitro groups is 1. The minimum atomic E-state index is -3.60. The molecule has 0 aliphatic heterocycles. The summed E-state index contributed by atoms with van der Waals surface area (Å²) in [6.07, 6.45) is 2.29. The van der Waals surface area contributed by atoms with Gasteiger partial charge in [-0.15, -0.1) is 0 Å². The highest BCUT2D eigenvalue weighted by atomic mass is 35.5. The van der Waals surface area contributed by atoms with E-state index < -0.39 is 20.9 Å². The second-order valence-electron chi connectivity index (χ2n) is 7.11. The molecule has 0 fully saturated rings. The van der Waals surface area contributed by atoms with Crippen LogP contribution in [0.5, 0.6) is 0 Å². The van der Waals surface area contributed by atoms with Crippen molar-refractivity contribution in [3.05, 3.63) is 104 Å². The molecular formula is C22H18Cl2N4O5S. The number of benzene rings is 3. The number of non-ortho nitro benzene ring substituents is 1. The Morgan fingerprint density at radius 2 is 1.74 bits per heavy atom. The second kappa shape index (κ2) is 10.6. The summed E-state index contributed by atoms with van der Waals surface area (Å²) >= 11 is 11.9. The first-order chi connectivity index (χ1) is 16.0. The predicted octanol–water partition coefficient (Wildman–Crippen LogP) is 4.63. The lowest BCUT2D eigenvalue weighted by molar-refractivity contribution is -0.384. The summed E-state index contributed by atoms with van der Waals surface area (Å²) in [5, 5.41) is 15.4. The minimum absolute atomic E-state index is 0.0931. The van der Waals surface area contributed by atoms with Crippen LogP contribution < -0.4 is 9.73 Å². The fourth-order valence-electron chi connectivity index (χ4n) is 2.90. The van der Waals surface area contributed by atoms with Gasteiger partial charge in [0.2, 0.25) is 10.0 Å². The molecule has 1 amide bonds. The Labute approximate surface area is 205 Å². The first-order valence-corrected chi connectivity index (χ1v) is 12.2. The van der Waals surface area contributed by atoms with Crippen molar-refractivity contribution in [2.45, 2.75) is 6.54 Å². The van der Waals surface area contributed by atoms with Crippen LogP contribution in [0, 0.1) is 10.1 Å². The zero-order chi connectivity index (χ0) is 24.9. The van der Waals surface area contributed by atoms with E-state index in [0.717, 1.165) is 11.8 Å². The van der Waals surface area contributed by atoms with Crippen LogP contribution in [0.15, 0.2) is 71.8 Å². The molecule has 0 radical (unpaired) electrons. The van der Waals surface area contributed by atoms with Gasteiger partial charge in [-0.25, -0.2) is 13.8 Å². The molecule has 0 aliphatic rings. The van der Waals surface area contributed by atoms with Crippen molar-refractivity contribution in [1.29, 1.82) is 0 Å². The number of hydrogen-bond donors (Lipinski definition) is 1. The van der Waals surface area contributed by atoms with Gasteiger partial charge in [0.05, 0.1) is 29.6 Å². The Morgan fingerprint density at radius 3 is 2.32 bits per heavy atom. The number of amides is 1. The number of hydrogen-bond acceptors (Lipinski definition) is 6. The molecule has 3 rings (SSSR count). The summed E-state index contributed by atoms with van der Waals surface area (Å²) in [6, 6.07) is 16.6. The van der Waals surface area contributed by atoms with Gasteiger partial charge in [-0.2, -0.15) is 5.10 Å². The Morgan fingerprint density at radius 1 is 1.09 bits per heavy atom. The van der Waals surface area contributed by atoms with Crippen molar-refractivity contribution >= 4 is 56.7 Å². The van der Waals surface area contributed by atoms with Crippen molar-refractivity contribution < 1.29 is 18.1 Å². The summed E-state index contributed by atoms with van der Waals surface area (Å²) in [4.78, 5) is 22.7. The third kappa shape index (κ3) is 6.53. The zero-order valence-electron chi connectivity index (χ0n) is 17.7. The van der Waals surface area contributed by atoms with E-state index in [9.17, 15) is 23.3 Å². The van der Waals surface area contributed by atoms with Crippen molar-refractivity contribution in [2.24, 2.45) is 5.10 Å². The second-order valence-corrected chi connectivity index (χ2v) is 9.86. The topological polar surface area (TPSA) is 122 Å². The van der Waals surface area contributed by atoms with Gasteiger partial charge in [0, 0.05) is 33.3 Å². The maximum Gasteiger partial charge on any atom is 0.271 e. The fourth-order valence-corrected chi connectivity index (χ4v) is 4.08. The molecule has 34 heavy (non-hydrogen) atoms. The summed E-state index contributed by atoms with van der Waals surface area (Å²) in [5.74, 6) is -0.562. The van der Waals surface area contributed by atoms with E-state index in [0.29, 0.717) is 10.7 Å². The molecule has 0 bridgehead atoms. The molecule has 0 atom stereocenters. The molecule has 3 aromatic carbocycles. The summed E-state index contributed by atoms with van der Waals surface area (Å²) in [6.45, 7) is 0.0931. The number of nitrogens with zero attached hydrogens (tertiary/aromatic N) is 3. The number of hydrazone groups is 1. The maximum atomic E-state index is 12.4. The van der Waals surface area contributed by atoms with Crippen LogP contribution in [0.25, 0.3) is 0 Å². The highest BCUT2D eigenvalue weighted by Gasteiger charge is 2.18. The van der Waals surface area contributed by atoms with Crippen LogP contribution in [0.2, 0.25) is 10.0 Å². The molecule has 0 spiro atoms. The zero-order valence-corrected chi connectivity index (χ0v) is 20.0. The van der Waals surface area contributed by atoms with Crippen LogP contribution in [0.1, 0.15) is 21.5 Å². The lowest BCUT2D eigenvalue weighted by Crippen LogP contribution is -2.29. The Hall–Kier alpha value is -3.47. The molecule has 12 heteroatoms. The fraction of sp³-hybridized carbons (Fsp3) is 0.0909. The molecule has 3 aromatic rings. The van der Waals surface area contributed by atoms with Crippen molar-refractivity contribution in [3.63, 3.8) is 0 Å². The quantitative estimate of drug-likeness (QED) is 0.263. The minimum Gasteiger partial charge on any atom is -0.267 e. The Bertz CT molecular complexity index is 1340. The average molecular weight is 521 g/mol. The van der Waals surface area contributed by atoms with Gasteiger partial charge < -0.3 is 0 Å². The third-order valence-electron chi connectivity index (χ3n) is 4.62. The number of nitro benzene ring substituents is 1. The first kappa shape index (κ1) is 25.2. The molecule has 0 aromatic heterocycles. The van der Waals surface area contributed by atoms with Gasteiger partial charge in [-0.1, -0.05) is 35.3 Å². The average Bonchev–Trinajstić information content (AvgIpc) is 2.79. The van der Waals surface area contributed by atoms with E-state index in [1.807, 2.05) is 0 Å². The third-order valence-corrected chi connectivity index (χ3v) is 6.35. The molecule has 0 heterocycles. The predicted molar refractivity (Wildman–Crippen MR) is 132 cm³/mol. The lowest BCUT2D eigenvalue weighted by atomic mass is 10.2. The highest BCUT2D eigenvalue weighted by Crippen LogP contribution is 2.23. The van der Waals surface area contributed by atoms with E-state index in [2.05, 4.69) is 10.5 Å². The monoisotopic (exact) mass is 520 g/mol. The van der Waals surface area contributed by atoms with Gasteiger partial charge in [-0.3, -0.25) is 19.2 Å². The van der Waals surface area contributed by atoms with Crippen molar-refractivity contribution in [1.82, 2.24) is 5.43 Å². The Kier molecular flexibility index (Phi) is 7.87. The molecule has 0 saturated heterocycles. The number of anilines is 1. The number of carbonyl (C=O) groups is 1. The lowest BCUT2D eigenvalue weighted by Gasteiger charge is -2.22. The van der Waals surface area contributed by atoms with Gasteiger partial charge >= 0.3 is 0 Å².